The maximum atomic E-state index is 11.4. The smallest absolute Gasteiger partial charge is 0.267 e. The SMILES string of the molecule is CC(C)CC=NNC(=O)c1cccnc1. The second-order valence-electron chi connectivity index (χ2n) is 3.62. The normalized spacial score (nSPS) is 10.9. The van der Waals surface area contributed by atoms with Gasteiger partial charge in [0.2, 0.25) is 0 Å². The van der Waals surface area contributed by atoms with Crippen LogP contribution >= 0.6 is 0 Å². The summed E-state index contributed by atoms with van der Waals surface area (Å²) in [5, 5.41) is 3.84. The lowest BCUT2D eigenvalue weighted by atomic mass is 10.2. The molecular weight excluding hydrogens is 190 g/mol. The van der Waals surface area contributed by atoms with Crippen LogP contribution in [0.1, 0.15) is 30.6 Å². The van der Waals surface area contributed by atoms with Gasteiger partial charge in [0.25, 0.3) is 5.91 Å². The number of hydrogen-bond acceptors (Lipinski definition) is 3. The number of nitrogens with one attached hydrogen (secondary N) is 1. The second-order valence-corrected chi connectivity index (χ2v) is 3.62. The fourth-order valence-corrected chi connectivity index (χ4v) is 0.929. The van der Waals surface area contributed by atoms with Gasteiger partial charge in [-0.15, -0.1) is 0 Å². The van der Waals surface area contributed by atoms with E-state index in [0.717, 1.165) is 6.42 Å². The lowest BCUT2D eigenvalue weighted by Crippen LogP contribution is -2.17. The third-order valence-electron chi connectivity index (χ3n) is 1.76. The van der Waals surface area contributed by atoms with Gasteiger partial charge in [0.15, 0.2) is 0 Å². The fraction of sp³-hybridized carbons (Fsp3) is 0.364. The van der Waals surface area contributed by atoms with E-state index < -0.39 is 0 Å². The summed E-state index contributed by atoms with van der Waals surface area (Å²) in [6.07, 6.45) is 5.69. The Kier molecular flexibility index (Phi) is 4.47. The minimum atomic E-state index is -0.233. The van der Waals surface area contributed by atoms with Crippen molar-refractivity contribution in [2.24, 2.45) is 11.0 Å². The number of nitrogens with zero attached hydrogens (tertiary/aromatic N) is 2. The van der Waals surface area contributed by atoms with Crippen LogP contribution in [0, 0.1) is 5.92 Å². The van der Waals surface area contributed by atoms with Gasteiger partial charge in [-0.2, -0.15) is 5.10 Å². The molecule has 1 heterocycles. The molecule has 1 aromatic heterocycles. The van der Waals surface area contributed by atoms with Gasteiger partial charge in [0.1, 0.15) is 0 Å². The van der Waals surface area contributed by atoms with Crippen molar-refractivity contribution in [3.05, 3.63) is 30.1 Å². The Morgan fingerprint density at radius 2 is 2.47 bits per heavy atom. The predicted octanol–water partition coefficient (Wildman–Crippen LogP) is 1.84. The zero-order valence-electron chi connectivity index (χ0n) is 8.97. The highest BCUT2D eigenvalue weighted by Gasteiger charge is 2.01. The molecule has 1 rings (SSSR count). The summed E-state index contributed by atoms with van der Waals surface area (Å²) >= 11 is 0. The summed E-state index contributed by atoms with van der Waals surface area (Å²) in [5.74, 6) is 0.312. The van der Waals surface area contributed by atoms with E-state index in [1.54, 1.807) is 24.5 Å². The van der Waals surface area contributed by atoms with Crippen molar-refractivity contribution in [2.45, 2.75) is 20.3 Å². The Labute approximate surface area is 89.4 Å². The topological polar surface area (TPSA) is 54.4 Å². The first kappa shape index (κ1) is 11.4. The first-order chi connectivity index (χ1) is 7.20. The van der Waals surface area contributed by atoms with Gasteiger partial charge in [-0.1, -0.05) is 13.8 Å². The lowest BCUT2D eigenvalue weighted by Gasteiger charge is -1.99. The molecule has 1 N–H and O–H groups in total. The third kappa shape index (κ3) is 4.35. The van der Waals surface area contributed by atoms with E-state index in [1.165, 1.54) is 6.20 Å². The number of pyridine rings is 1. The number of amides is 1. The molecule has 0 spiro atoms. The van der Waals surface area contributed by atoms with Crippen LogP contribution in [0.3, 0.4) is 0 Å². The molecular formula is C11H15N3O. The van der Waals surface area contributed by atoms with E-state index in [9.17, 15) is 4.79 Å². The number of aromatic nitrogens is 1. The van der Waals surface area contributed by atoms with Crippen LogP contribution in [0.2, 0.25) is 0 Å². The molecule has 0 bridgehead atoms. The van der Waals surface area contributed by atoms with E-state index in [1.807, 2.05) is 0 Å². The van der Waals surface area contributed by atoms with Crippen LogP contribution in [0.15, 0.2) is 29.6 Å². The van der Waals surface area contributed by atoms with E-state index in [4.69, 9.17) is 0 Å². The van der Waals surface area contributed by atoms with Crippen LogP contribution in [0.25, 0.3) is 0 Å². The molecule has 0 aliphatic carbocycles. The van der Waals surface area contributed by atoms with E-state index >= 15 is 0 Å². The maximum Gasteiger partial charge on any atom is 0.272 e. The minimum Gasteiger partial charge on any atom is -0.267 e. The summed E-state index contributed by atoms with van der Waals surface area (Å²) < 4.78 is 0. The molecule has 80 valence electrons. The molecule has 1 aromatic rings. The molecule has 0 aromatic carbocycles. The maximum absolute atomic E-state index is 11.4. The highest BCUT2D eigenvalue weighted by molar-refractivity contribution is 5.93. The molecule has 4 heteroatoms. The first-order valence-corrected chi connectivity index (χ1v) is 4.92. The molecule has 0 fully saturated rings. The van der Waals surface area contributed by atoms with E-state index in [2.05, 4.69) is 29.4 Å². The standard InChI is InChI=1S/C11H15N3O/c1-9(2)5-7-13-14-11(15)10-4-3-6-12-8-10/h3-4,6-9H,5H2,1-2H3,(H,14,15). The third-order valence-corrected chi connectivity index (χ3v) is 1.76. The molecule has 15 heavy (non-hydrogen) atoms. The summed E-state index contributed by atoms with van der Waals surface area (Å²) in [6.45, 7) is 4.18. The van der Waals surface area contributed by atoms with Gasteiger partial charge in [-0.25, -0.2) is 5.43 Å². The minimum absolute atomic E-state index is 0.233. The van der Waals surface area contributed by atoms with Crippen molar-refractivity contribution in [1.29, 1.82) is 0 Å². The van der Waals surface area contributed by atoms with E-state index in [0.29, 0.717) is 11.5 Å². The molecule has 1 amide bonds. The number of rotatable bonds is 4. The van der Waals surface area contributed by atoms with Gasteiger partial charge in [0.05, 0.1) is 5.56 Å². The number of hydrogen-bond donors (Lipinski definition) is 1. The number of hydrazone groups is 1. The van der Waals surface area contributed by atoms with Crippen molar-refractivity contribution in [3.63, 3.8) is 0 Å². The lowest BCUT2D eigenvalue weighted by molar-refractivity contribution is 0.0954. The van der Waals surface area contributed by atoms with Crippen molar-refractivity contribution in [2.75, 3.05) is 0 Å². The van der Waals surface area contributed by atoms with E-state index in [-0.39, 0.29) is 5.91 Å². The Morgan fingerprint density at radius 3 is 3.07 bits per heavy atom. The molecule has 0 radical (unpaired) electrons. The van der Waals surface area contributed by atoms with Gasteiger partial charge in [0, 0.05) is 18.6 Å². The van der Waals surface area contributed by atoms with Crippen LogP contribution < -0.4 is 5.43 Å². The second kappa shape index (κ2) is 5.90. The summed E-state index contributed by atoms with van der Waals surface area (Å²) in [6, 6.07) is 3.41. The molecule has 4 nitrogen and oxygen atoms in total. The number of carbonyl (C=O) groups is 1. The van der Waals surface area contributed by atoms with Crippen LogP contribution in [-0.4, -0.2) is 17.1 Å². The number of carbonyl (C=O) groups excluding carboxylic acids is 1. The molecule has 0 aliphatic rings. The highest BCUT2D eigenvalue weighted by atomic mass is 16.2. The molecule has 0 atom stereocenters. The van der Waals surface area contributed by atoms with Gasteiger partial charge in [-0.05, 0) is 24.5 Å². The zero-order valence-corrected chi connectivity index (χ0v) is 8.97. The van der Waals surface area contributed by atoms with Crippen molar-refractivity contribution < 1.29 is 4.79 Å². The van der Waals surface area contributed by atoms with Crippen LogP contribution in [0.5, 0.6) is 0 Å². The van der Waals surface area contributed by atoms with Crippen molar-refractivity contribution >= 4 is 12.1 Å². The van der Waals surface area contributed by atoms with Crippen LogP contribution in [0.4, 0.5) is 0 Å². The summed E-state index contributed by atoms with van der Waals surface area (Å²) in [7, 11) is 0. The summed E-state index contributed by atoms with van der Waals surface area (Å²) in [4.78, 5) is 15.3. The Morgan fingerprint density at radius 1 is 1.67 bits per heavy atom. The molecule has 0 saturated heterocycles. The molecule has 0 unspecified atom stereocenters. The molecule has 0 aliphatic heterocycles. The quantitative estimate of drug-likeness (QED) is 0.602. The largest absolute Gasteiger partial charge is 0.272 e. The first-order valence-electron chi connectivity index (χ1n) is 4.92. The zero-order chi connectivity index (χ0) is 11.1. The predicted molar refractivity (Wildman–Crippen MR) is 59.7 cm³/mol. The Hall–Kier alpha value is -1.71. The highest BCUT2D eigenvalue weighted by Crippen LogP contribution is 1.96. The van der Waals surface area contributed by atoms with Gasteiger partial charge < -0.3 is 0 Å². The molecule has 0 saturated carbocycles. The van der Waals surface area contributed by atoms with Crippen molar-refractivity contribution in [1.82, 2.24) is 10.4 Å². The fourth-order valence-electron chi connectivity index (χ4n) is 0.929. The Bertz CT molecular complexity index is 333. The summed E-state index contributed by atoms with van der Waals surface area (Å²) in [5.41, 5.74) is 2.96. The average molecular weight is 205 g/mol. The van der Waals surface area contributed by atoms with Gasteiger partial charge >= 0.3 is 0 Å². The average Bonchev–Trinajstić information content (AvgIpc) is 2.25. The van der Waals surface area contributed by atoms with Crippen LogP contribution in [-0.2, 0) is 0 Å². The monoisotopic (exact) mass is 205 g/mol. The van der Waals surface area contributed by atoms with Gasteiger partial charge in [-0.3, -0.25) is 9.78 Å². The van der Waals surface area contributed by atoms with Crippen molar-refractivity contribution in [3.8, 4) is 0 Å². The Balaban J connectivity index is 2.40.